The van der Waals surface area contributed by atoms with Crippen LogP contribution >= 0.6 is 0 Å². The number of carboxylic acids is 1. The van der Waals surface area contributed by atoms with Gasteiger partial charge in [-0.2, -0.15) is 5.10 Å². The first-order chi connectivity index (χ1) is 16.3. The molecule has 3 aromatic carbocycles. The number of carboxylic acid groups (broad SMARTS) is 1. The zero-order valence-electron chi connectivity index (χ0n) is 17.7. The molecule has 5 N–H and O–H groups in total. The fourth-order valence-corrected chi connectivity index (χ4v) is 4.05. The third-order valence-corrected chi connectivity index (χ3v) is 5.69. The van der Waals surface area contributed by atoms with Gasteiger partial charge in [0.2, 0.25) is 0 Å². The topological polar surface area (TPSA) is 151 Å². The lowest BCUT2D eigenvalue weighted by atomic mass is 10.0. The van der Waals surface area contributed by atoms with Crippen LogP contribution in [-0.4, -0.2) is 43.8 Å². The summed E-state index contributed by atoms with van der Waals surface area (Å²) in [6.07, 6.45) is 0. The molecule has 12 heteroatoms. The molecule has 0 saturated carbocycles. The lowest BCUT2D eigenvalue weighted by Gasteiger charge is -2.21. The number of fused-ring (bicyclic) bond motifs is 1. The second-order valence-corrected chi connectivity index (χ2v) is 7.90. The van der Waals surface area contributed by atoms with Gasteiger partial charge in [-0.3, -0.25) is 9.65 Å². The number of rotatable bonds is 8. The fourth-order valence-electron chi connectivity index (χ4n) is 3.44. The van der Waals surface area contributed by atoms with Gasteiger partial charge < -0.3 is 20.3 Å². The van der Waals surface area contributed by atoms with Gasteiger partial charge in [-0.1, -0.05) is 12.1 Å². The summed E-state index contributed by atoms with van der Waals surface area (Å²) in [7, 11) is 1.41. The number of carbonyl (C=O) groups is 1. The van der Waals surface area contributed by atoms with Crippen molar-refractivity contribution in [3.63, 3.8) is 0 Å². The highest BCUT2D eigenvalue weighted by atomic mass is 32.2. The van der Waals surface area contributed by atoms with E-state index in [1.807, 2.05) is 0 Å². The van der Waals surface area contributed by atoms with Crippen LogP contribution < -0.4 is 19.5 Å². The lowest BCUT2D eigenvalue weighted by Crippen LogP contribution is -2.20. The molecule has 0 saturated heterocycles. The van der Waals surface area contributed by atoms with Crippen LogP contribution in [0.5, 0.6) is 11.5 Å². The number of nitrogens with one attached hydrogen (secondary N) is 1. The van der Waals surface area contributed by atoms with E-state index in [0.29, 0.717) is 27.8 Å². The number of halogens is 1. The van der Waals surface area contributed by atoms with E-state index in [-0.39, 0.29) is 22.9 Å². The van der Waals surface area contributed by atoms with Crippen LogP contribution in [-0.2, 0) is 16.1 Å². The van der Waals surface area contributed by atoms with Gasteiger partial charge in [0.1, 0.15) is 17.3 Å². The predicted molar refractivity (Wildman–Crippen MR) is 125 cm³/mol. The van der Waals surface area contributed by atoms with Crippen molar-refractivity contribution < 1.29 is 32.5 Å². The number of methoxy groups -OCH3 is 1. The number of aliphatic carboxylic acids is 1. The van der Waals surface area contributed by atoms with Gasteiger partial charge in [0.25, 0.3) is 11.3 Å². The Morgan fingerprint density at radius 2 is 1.91 bits per heavy atom. The number of aromatic amines is 1. The van der Waals surface area contributed by atoms with Gasteiger partial charge in [0.05, 0.1) is 29.4 Å². The van der Waals surface area contributed by atoms with Gasteiger partial charge in [-0.25, -0.2) is 17.7 Å². The first kappa shape index (κ1) is 23.0. The van der Waals surface area contributed by atoms with E-state index in [9.17, 15) is 17.9 Å². The number of nitrogen functional groups attached to an aromatic ring is 1. The average molecular weight is 486 g/mol. The number of ether oxygens (including phenoxy) is 2. The van der Waals surface area contributed by atoms with Crippen LogP contribution in [0.1, 0.15) is 0 Å². The Morgan fingerprint density at radius 1 is 1.18 bits per heavy atom. The van der Waals surface area contributed by atoms with Crippen molar-refractivity contribution in [2.75, 3.05) is 23.8 Å². The summed E-state index contributed by atoms with van der Waals surface area (Å²) < 4.78 is 47.8. The van der Waals surface area contributed by atoms with E-state index in [2.05, 4.69) is 10.2 Å². The zero-order chi connectivity index (χ0) is 24.4. The van der Waals surface area contributed by atoms with Crippen molar-refractivity contribution in [3.8, 4) is 22.6 Å². The molecule has 1 aromatic heterocycles. The number of nitrogens with zero attached hydrogens (tertiary/aromatic N) is 2. The minimum atomic E-state index is -2.57. The summed E-state index contributed by atoms with van der Waals surface area (Å²) in [5, 5.41) is 16.1. The van der Waals surface area contributed by atoms with E-state index < -0.39 is 29.7 Å². The van der Waals surface area contributed by atoms with Crippen LogP contribution in [0.15, 0.2) is 54.6 Å². The number of benzene rings is 3. The molecule has 176 valence electrons. The van der Waals surface area contributed by atoms with Crippen molar-refractivity contribution in [2.45, 2.75) is 0 Å². The van der Waals surface area contributed by atoms with Crippen molar-refractivity contribution in [3.05, 3.63) is 60.4 Å². The Balaban J connectivity index is 1.73. The lowest BCUT2D eigenvalue weighted by molar-refractivity contribution is -0.139. The Bertz CT molecular complexity index is 1390. The van der Waals surface area contributed by atoms with Crippen LogP contribution in [0.2, 0.25) is 0 Å². The second kappa shape index (κ2) is 9.37. The number of hydrogen-bond donors (Lipinski definition) is 4. The molecule has 0 bridgehead atoms. The fraction of sp³-hybridized carbons (Fsp3) is 0.0909. The minimum absolute atomic E-state index is 0.133. The summed E-state index contributed by atoms with van der Waals surface area (Å²) >= 11 is -2.57. The Hall–Kier alpha value is -4.16. The molecule has 1 unspecified atom stereocenters. The van der Waals surface area contributed by atoms with Crippen molar-refractivity contribution >= 4 is 45.3 Å². The highest BCUT2D eigenvalue weighted by molar-refractivity contribution is 7.81. The smallest absolute Gasteiger partial charge is 0.341 e. The molecule has 0 aliphatic rings. The maximum absolute atomic E-state index is 14.5. The van der Waals surface area contributed by atoms with E-state index in [1.54, 1.807) is 36.4 Å². The van der Waals surface area contributed by atoms with Crippen LogP contribution in [0.25, 0.3) is 22.0 Å². The molecule has 34 heavy (non-hydrogen) atoms. The quantitative estimate of drug-likeness (QED) is 0.275. The monoisotopic (exact) mass is 486 g/mol. The molecular weight excluding hydrogens is 467 g/mol. The molecule has 0 spiro atoms. The van der Waals surface area contributed by atoms with Crippen molar-refractivity contribution in [2.24, 2.45) is 0 Å². The van der Waals surface area contributed by atoms with E-state index >= 15 is 0 Å². The molecule has 1 atom stereocenters. The zero-order valence-corrected chi connectivity index (χ0v) is 18.5. The number of nitrogens with two attached hydrogens (primary N) is 1. The summed E-state index contributed by atoms with van der Waals surface area (Å²) in [6.45, 7) is -0.564. The molecule has 0 radical (unpaired) electrons. The predicted octanol–water partition coefficient (Wildman–Crippen LogP) is 3.70. The molecule has 1 heterocycles. The standard InChI is InChI=1S/C22H19FN4O6S/c1-32-15-6-7-16(23)18(10-15)27(34(30)31)14-4-2-12(3-5-14)13-8-17-21(22(24)26-25-17)19(9-13)33-11-20(28)29/h2-10H,11H2,1H3,(H,28,29)(H,30,31)(H3,24,25,26). The first-order valence-electron chi connectivity index (χ1n) is 9.75. The van der Waals surface area contributed by atoms with Crippen LogP contribution in [0.4, 0.5) is 21.6 Å². The van der Waals surface area contributed by atoms with Gasteiger partial charge in [-0.15, -0.1) is 0 Å². The van der Waals surface area contributed by atoms with Crippen LogP contribution in [0, 0.1) is 5.82 Å². The van der Waals surface area contributed by atoms with Crippen molar-refractivity contribution in [1.82, 2.24) is 10.2 Å². The van der Waals surface area contributed by atoms with Crippen molar-refractivity contribution in [1.29, 1.82) is 0 Å². The van der Waals surface area contributed by atoms with E-state index in [1.165, 1.54) is 19.2 Å². The van der Waals surface area contributed by atoms with Gasteiger partial charge in [0, 0.05) is 6.07 Å². The Kier molecular flexibility index (Phi) is 6.34. The van der Waals surface area contributed by atoms with E-state index in [4.69, 9.17) is 20.3 Å². The molecule has 0 amide bonds. The number of hydrogen-bond acceptors (Lipinski definition) is 6. The second-order valence-electron chi connectivity index (χ2n) is 7.08. The third kappa shape index (κ3) is 4.49. The Morgan fingerprint density at radius 3 is 2.56 bits per heavy atom. The maximum Gasteiger partial charge on any atom is 0.341 e. The molecule has 4 aromatic rings. The summed E-state index contributed by atoms with van der Waals surface area (Å²) in [5.74, 6) is -1.12. The SMILES string of the molecule is COc1ccc(F)c(N(c2ccc(-c3cc(OCC(=O)O)c4c(N)n[nH]c4c3)cc2)S(=O)O)c1. The van der Waals surface area contributed by atoms with Gasteiger partial charge in [0.15, 0.2) is 12.4 Å². The largest absolute Gasteiger partial charge is 0.497 e. The highest BCUT2D eigenvalue weighted by Gasteiger charge is 2.20. The number of aromatic nitrogens is 2. The summed E-state index contributed by atoms with van der Waals surface area (Å²) in [5.41, 5.74) is 7.86. The molecular formula is C22H19FN4O6S. The van der Waals surface area contributed by atoms with Gasteiger partial charge in [-0.05, 0) is 47.5 Å². The molecule has 4 rings (SSSR count). The maximum atomic E-state index is 14.5. The Labute approximate surface area is 195 Å². The summed E-state index contributed by atoms with van der Waals surface area (Å²) in [4.78, 5) is 11.0. The third-order valence-electron chi connectivity index (χ3n) is 4.97. The number of H-pyrrole nitrogens is 1. The normalized spacial score (nSPS) is 11.9. The highest BCUT2D eigenvalue weighted by Crippen LogP contribution is 2.37. The van der Waals surface area contributed by atoms with Gasteiger partial charge >= 0.3 is 5.97 Å². The average Bonchev–Trinajstić information content (AvgIpc) is 3.20. The molecule has 10 nitrogen and oxygen atoms in total. The number of anilines is 3. The van der Waals surface area contributed by atoms with E-state index in [0.717, 1.165) is 10.4 Å². The van der Waals surface area contributed by atoms with Crippen LogP contribution in [0.3, 0.4) is 0 Å². The first-order valence-corrected chi connectivity index (χ1v) is 10.8. The molecule has 0 fully saturated rings. The summed E-state index contributed by atoms with van der Waals surface area (Å²) in [6, 6.07) is 13.7. The minimum Gasteiger partial charge on any atom is -0.497 e. The molecule has 0 aliphatic carbocycles. The molecule has 0 aliphatic heterocycles.